The molecular formula is C20H25N3O3S. The molecule has 6 nitrogen and oxygen atoms in total. The zero-order chi connectivity index (χ0) is 19.6. The van der Waals surface area contributed by atoms with Crippen molar-refractivity contribution >= 4 is 23.3 Å². The van der Waals surface area contributed by atoms with E-state index in [4.69, 9.17) is 15.5 Å². The first kappa shape index (κ1) is 19.4. The average molecular weight is 388 g/mol. The molecular weight excluding hydrogens is 362 g/mol. The minimum atomic E-state index is -0.519. The third-order valence-corrected chi connectivity index (χ3v) is 5.32. The highest BCUT2D eigenvalue weighted by atomic mass is 32.1. The topological polar surface area (TPSA) is 85.5 Å². The third kappa shape index (κ3) is 4.66. The van der Waals surface area contributed by atoms with Crippen molar-refractivity contribution < 1.29 is 14.3 Å². The second-order valence-electron chi connectivity index (χ2n) is 7.70. The lowest BCUT2D eigenvalue weighted by Gasteiger charge is -2.36. The highest BCUT2D eigenvalue weighted by Gasteiger charge is 2.32. The number of carbonyl (C=O) groups is 2. The zero-order valence-electron chi connectivity index (χ0n) is 15.9. The zero-order valence-corrected chi connectivity index (χ0v) is 16.7. The monoisotopic (exact) mass is 387 g/mol. The maximum atomic E-state index is 12.6. The number of rotatable bonds is 3. The molecule has 1 aliphatic rings. The van der Waals surface area contributed by atoms with Crippen LogP contribution in [0.2, 0.25) is 0 Å². The van der Waals surface area contributed by atoms with Crippen molar-refractivity contribution in [3.63, 3.8) is 0 Å². The van der Waals surface area contributed by atoms with Gasteiger partial charge in [-0.3, -0.25) is 9.69 Å². The van der Waals surface area contributed by atoms with E-state index in [1.807, 2.05) is 38.3 Å². The molecule has 1 saturated heterocycles. The molecule has 1 aromatic carbocycles. The molecule has 1 aliphatic heterocycles. The molecule has 7 heteroatoms. The van der Waals surface area contributed by atoms with Crippen molar-refractivity contribution in [2.45, 2.75) is 51.7 Å². The summed E-state index contributed by atoms with van der Waals surface area (Å²) in [6, 6.07) is 7.02. The Kier molecular flexibility index (Phi) is 5.51. The van der Waals surface area contributed by atoms with Gasteiger partial charge in [-0.1, -0.05) is 12.1 Å². The first-order chi connectivity index (χ1) is 12.7. The second-order valence-corrected chi connectivity index (χ2v) is 8.56. The summed E-state index contributed by atoms with van der Waals surface area (Å²) in [6.07, 6.45) is 2.63. The quantitative estimate of drug-likeness (QED) is 0.847. The Balaban J connectivity index is 1.80. The number of nitrogens with two attached hydrogens (primary N) is 1. The predicted molar refractivity (Wildman–Crippen MR) is 106 cm³/mol. The van der Waals surface area contributed by atoms with Crippen molar-refractivity contribution in [2.75, 3.05) is 6.54 Å². The number of hydrogen-bond donors (Lipinski definition) is 1. The van der Waals surface area contributed by atoms with Gasteiger partial charge in [-0.15, -0.1) is 11.3 Å². The summed E-state index contributed by atoms with van der Waals surface area (Å²) >= 11 is 1.53. The van der Waals surface area contributed by atoms with Crippen LogP contribution in [0.15, 0.2) is 29.6 Å². The summed E-state index contributed by atoms with van der Waals surface area (Å²) < 4.78 is 5.57. The number of piperidine rings is 1. The molecule has 144 valence electrons. The molecule has 0 aliphatic carbocycles. The number of nitrogens with zero attached hydrogens (tertiary/aromatic N) is 2. The Morgan fingerprint density at radius 2 is 1.93 bits per heavy atom. The lowest BCUT2D eigenvalue weighted by atomic mass is 10.0. The fourth-order valence-corrected chi connectivity index (χ4v) is 4.00. The molecule has 0 saturated carbocycles. The van der Waals surface area contributed by atoms with E-state index in [1.165, 1.54) is 11.3 Å². The Hall–Kier alpha value is -2.41. The highest BCUT2D eigenvalue weighted by molar-refractivity contribution is 7.13. The molecule has 0 bridgehead atoms. The molecule has 1 fully saturated rings. The number of primary amides is 1. The van der Waals surface area contributed by atoms with Crippen LogP contribution in [-0.2, 0) is 4.74 Å². The Morgan fingerprint density at radius 3 is 2.56 bits per heavy atom. The number of aromatic nitrogens is 1. The van der Waals surface area contributed by atoms with Gasteiger partial charge in [0.05, 0.1) is 11.7 Å². The van der Waals surface area contributed by atoms with E-state index in [9.17, 15) is 9.59 Å². The van der Waals surface area contributed by atoms with Crippen LogP contribution >= 0.6 is 11.3 Å². The van der Waals surface area contributed by atoms with E-state index < -0.39 is 11.5 Å². The smallest absolute Gasteiger partial charge is 0.410 e. The maximum Gasteiger partial charge on any atom is 0.410 e. The van der Waals surface area contributed by atoms with Crippen LogP contribution in [0, 0.1) is 0 Å². The summed E-state index contributed by atoms with van der Waals surface area (Å²) in [5, 5.41) is 2.86. The van der Waals surface area contributed by atoms with Gasteiger partial charge in [-0.2, -0.15) is 0 Å². The summed E-state index contributed by atoms with van der Waals surface area (Å²) in [7, 11) is 0. The minimum Gasteiger partial charge on any atom is -0.444 e. The molecule has 1 atom stereocenters. The number of hydrogen-bond acceptors (Lipinski definition) is 5. The molecule has 2 aromatic rings. The Morgan fingerprint density at radius 1 is 1.22 bits per heavy atom. The SMILES string of the molecule is CC(C)(C)OC(=O)N1CCCC[C@@H]1c1csc(-c2ccc(C(N)=O)cc2)n1. The van der Waals surface area contributed by atoms with Gasteiger partial charge >= 0.3 is 6.09 Å². The number of ether oxygens (including phenoxy) is 1. The van der Waals surface area contributed by atoms with Crippen LogP contribution in [0.1, 0.15) is 62.1 Å². The van der Waals surface area contributed by atoms with Gasteiger partial charge in [0.1, 0.15) is 10.6 Å². The van der Waals surface area contributed by atoms with Gasteiger partial charge < -0.3 is 10.5 Å². The number of carbonyl (C=O) groups excluding carboxylic acids is 2. The molecule has 1 aromatic heterocycles. The lowest BCUT2D eigenvalue weighted by Crippen LogP contribution is -2.42. The van der Waals surface area contributed by atoms with Gasteiger partial charge in [-0.25, -0.2) is 9.78 Å². The third-order valence-electron chi connectivity index (χ3n) is 4.41. The lowest BCUT2D eigenvalue weighted by molar-refractivity contribution is 0.00907. The fraction of sp³-hybridized carbons (Fsp3) is 0.450. The average Bonchev–Trinajstić information content (AvgIpc) is 3.10. The predicted octanol–water partition coefficient (Wildman–Crippen LogP) is 4.37. The van der Waals surface area contributed by atoms with Crippen LogP contribution in [0.5, 0.6) is 0 Å². The van der Waals surface area contributed by atoms with Gasteiger partial charge in [0.2, 0.25) is 5.91 Å². The van der Waals surface area contributed by atoms with E-state index in [0.717, 1.165) is 35.5 Å². The van der Waals surface area contributed by atoms with Crippen LogP contribution in [0.4, 0.5) is 4.79 Å². The van der Waals surface area contributed by atoms with Crippen LogP contribution in [0.3, 0.4) is 0 Å². The largest absolute Gasteiger partial charge is 0.444 e. The van der Waals surface area contributed by atoms with E-state index in [2.05, 4.69) is 0 Å². The number of benzene rings is 1. The van der Waals surface area contributed by atoms with E-state index in [-0.39, 0.29) is 12.1 Å². The van der Waals surface area contributed by atoms with Crippen molar-refractivity contribution in [3.05, 3.63) is 40.9 Å². The Labute approximate surface area is 163 Å². The second kappa shape index (κ2) is 7.68. The Bertz CT molecular complexity index is 824. The molecule has 0 unspecified atom stereocenters. The number of likely N-dealkylation sites (tertiary alicyclic amines) is 1. The van der Waals surface area contributed by atoms with Gasteiger partial charge in [0.25, 0.3) is 0 Å². The molecule has 0 radical (unpaired) electrons. The summed E-state index contributed by atoms with van der Waals surface area (Å²) in [5.41, 5.74) is 7.06. The molecule has 2 amide bonds. The van der Waals surface area contributed by atoms with Crippen LogP contribution in [0.25, 0.3) is 10.6 Å². The van der Waals surface area contributed by atoms with Gasteiger partial charge in [0.15, 0.2) is 0 Å². The van der Waals surface area contributed by atoms with Crippen molar-refractivity contribution in [2.24, 2.45) is 5.73 Å². The summed E-state index contributed by atoms with van der Waals surface area (Å²) in [4.78, 5) is 30.4. The standard InChI is InChI=1S/C20H25N3O3S/c1-20(2,3)26-19(25)23-11-5-4-6-16(23)15-12-27-18(22-15)14-9-7-13(8-10-14)17(21)24/h7-10,12,16H,4-6,11H2,1-3H3,(H2,21,24)/t16-/m1/s1. The van der Waals surface area contributed by atoms with Gasteiger partial charge in [0, 0.05) is 23.1 Å². The van der Waals surface area contributed by atoms with Crippen molar-refractivity contribution in [1.29, 1.82) is 0 Å². The van der Waals surface area contributed by atoms with Crippen molar-refractivity contribution in [3.8, 4) is 10.6 Å². The molecule has 0 spiro atoms. The van der Waals surface area contributed by atoms with E-state index in [1.54, 1.807) is 17.0 Å². The maximum absolute atomic E-state index is 12.6. The van der Waals surface area contributed by atoms with Gasteiger partial charge in [-0.05, 0) is 52.2 Å². The van der Waals surface area contributed by atoms with E-state index >= 15 is 0 Å². The van der Waals surface area contributed by atoms with Crippen LogP contribution < -0.4 is 5.73 Å². The van der Waals surface area contributed by atoms with Crippen molar-refractivity contribution in [1.82, 2.24) is 9.88 Å². The fourth-order valence-electron chi connectivity index (χ4n) is 3.13. The van der Waals surface area contributed by atoms with E-state index in [0.29, 0.717) is 12.1 Å². The number of amides is 2. The minimum absolute atomic E-state index is 0.0662. The highest BCUT2D eigenvalue weighted by Crippen LogP contribution is 2.35. The molecule has 27 heavy (non-hydrogen) atoms. The molecule has 2 N–H and O–H groups in total. The van der Waals surface area contributed by atoms with Crippen LogP contribution in [-0.4, -0.2) is 34.0 Å². The first-order valence-corrected chi connectivity index (χ1v) is 9.98. The first-order valence-electron chi connectivity index (χ1n) is 9.10. The molecule has 3 rings (SSSR count). The summed E-state index contributed by atoms with van der Waals surface area (Å²) in [6.45, 7) is 6.31. The summed E-state index contributed by atoms with van der Waals surface area (Å²) in [5.74, 6) is -0.448. The normalized spacial score (nSPS) is 17.6. The number of thiazole rings is 1. The molecule has 2 heterocycles.